The second kappa shape index (κ2) is 7.21. The molecule has 0 aliphatic carbocycles. The van der Waals surface area contributed by atoms with Crippen molar-refractivity contribution in [1.82, 2.24) is 15.2 Å². The topological polar surface area (TPSA) is 65.5 Å². The van der Waals surface area contributed by atoms with E-state index in [0.29, 0.717) is 5.56 Å². The molecular weight excluding hydrogens is 310 g/mol. The summed E-state index contributed by atoms with van der Waals surface area (Å²) in [4.78, 5) is 19.8. The molecule has 0 aromatic carbocycles. The Morgan fingerprint density at radius 2 is 2.39 bits per heavy atom. The summed E-state index contributed by atoms with van der Waals surface area (Å²) in [6.07, 6.45) is 3.99. The number of likely N-dealkylation sites (tertiary alicyclic amines) is 1. The van der Waals surface area contributed by atoms with E-state index in [4.69, 9.17) is 0 Å². The Morgan fingerprint density at radius 1 is 1.52 bits per heavy atom. The third-order valence-corrected chi connectivity index (χ3v) is 5.32. The van der Waals surface area contributed by atoms with E-state index >= 15 is 0 Å². The van der Waals surface area contributed by atoms with Gasteiger partial charge in [0.25, 0.3) is 5.91 Å². The summed E-state index contributed by atoms with van der Waals surface area (Å²) in [5, 5.41) is 14.8. The second-order valence-electron chi connectivity index (χ2n) is 5.94. The fourth-order valence-corrected chi connectivity index (χ4v) is 3.92. The average Bonchev–Trinajstić information content (AvgIpc) is 3.15. The molecule has 2 aromatic heterocycles. The molecule has 3 rings (SSSR count). The molecule has 0 radical (unpaired) electrons. The van der Waals surface area contributed by atoms with Crippen molar-refractivity contribution in [2.75, 3.05) is 13.2 Å². The number of nitrogens with zero attached hydrogens (tertiary/aromatic N) is 2. The van der Waals surface area contributed by atoms with Crippen LogP contribution < -0.4 is 5.32 Å². The number of pyridine rings is 1. The minimum Gasteiger partial charge on any atom is -0.395 e. The molecule has 2 N–H and O–H groups in total. The molecule has 0 bridgehead atoms. The summed E-state index contributed by atoms with van der Waals surface area (Å²) in [7, 11) is 0. The van der Waals surface area contributed by atoms with E-state index in [-0.39, 0.29) is 24.6 Å². The van der Waals surface area contributed by atoms with Gasteiger partial charge >= 0.3 is 0 Å². The van der Waals surface area contributed by atoms with Gasteiger partial charge < -0.3 is 10.4 Å². The Labute approximate surface area is 140 Å². The van der Waals surface area contributed by atoms with Crippen molar-refractivity contribution in [3.8, 4) is 0 Å². The lowest BCUT2D eigenvalue weighted by atomic mass is 10.1. The molecule has 0 saturated carbocycles. The van der Waals surface area contributed by atoms with E-state index in [1.165, 1.54) is 10.4 Å². The number of nitrogens with one attached hydrogen (secondary N) is 1. The highest BCUT2D eigenvalue weighted by molar-refractivity contribution is 7.10. The molecule has 122 valence electrons. The van der Waals surface area contributed by atoms with Crippen molar-refractivity contribution in [2.45, 2.75) is 32.0 Å². The van der Waals surface area contributed by atoms with Gasteiger partial charge in [-0.3, -0.25) is 14.7 Å². The minimum absolute atomic E-state index is 0.0557. The number of aliphatic hydroxyl groups is 1. The van der Waals surface area contributed by atoms with Gasteiger partial charge in [-0.25, -0.2) is 0 Å². The quantitative estimate of drug-likeness (QED) is 0.877. The lowest BCUT2D eigenvalue weighted by molar-refractivity contribution is 0.0937. The van der Waals surface area contributed by atoms with Crippen LogP contribution in [0.2, 0.25) is 0 Å². The summed E-state index contributed by atoms with van der Waals surface area (Å²) in [5.74, 6) is -0.103. The maximum absolute atomic E-state index is 12.2. The number of hydrogen-bond donors (Lipinski definition) is 2. The van der Waals surface area contributed by atoms with Gasteiger partial charge in [0.2, 0.25) is 0 Å². The molecule has 1 amide bonds. The summed E-state index contributed by atoms with van der Waals surface area (Å²) < 4.78 is 0. The molecule has 1 aliphatic heterocycles. The van der Waals surface area contributed by atoms with Crippen molar-refractivity contribution < 1.29 is 9.90 Å². The number of rotatable bonds is 5. The molecule has 1 aliphatic rings. The van der Waals surface area contributed by atoms with Crippen LogP contribution in [0.5, 0.6) is 0 Å². The number of aromatic nitrogens is 1. The minimum atomic E-state index is -0.103. The van der Waals surface area contributed by atoms with Crippen molar-refractivity contribution >= 4 is 17.2 Å². The monoisotopic (exact) mass is 331 g/mol. The van der Waals surface area contributed by atoms with Gasteiger partial charge in [-0.1, -0.05) is 0 Å². The van der Waals surface area contributed by atoms with E-state index in [2.05, 4.69) is 33.6 Å². The van der Waals surface area contributed by atoms with E-state index in [0.717, 1.165) is 19.5 Å². The molecule has 3 heterocycles. The van der Waals surface area contributed by atoms with Crippen LogP contribution in [0.3, 0.4) is 0 Å². The fourth-order valence-electron chi connectivity index (χ4n) is 2.99. The molecule has 1 fully saturated rings. The fraction of sp³-hybridized carbons (Fsp3) is 0.412. The molecule has 0 unspecified atom stereocenters. The van der Waals surface area contributed by atoms with Gasteiger partial charge in [0.05, 0.1) is 12.2 Å². The highest BCUT2D eigenvalue weighted by Gasteiger charge is 2.32. The maximum Gasteiger partial charge on any atom is 0.253 e. The lowest BCUT2D eigenvalue weighted by Gasteiger charge is -2.22. The van der Waals surface area contributed by atoms with Gasteiger partial charge in [0.1, 0.15) is 0 Å². The first-order valence-electron chi connectivity index (χ1n) is 7.76. The van der Waals surface area contributed by atoms with Gasteiger partial charge in [0, 0.05) is 42.4 Å². The smallest absolute Gasteiger partial charge is 0.253 e. The number of hydrogen-bond acceptors (Lipinski definition) is 5. The molecule has 0 spiro atoms. The first-order chi connectivity index (χ1) is 11.2. The summed E-state index contributed by atoms with van der Waals surface area (Å²) in [5.41, 5.74) is 1.86. The van der Waals surface area contributed by atoms with E-state index in [9.17, 15) is 9.90 Å². The zero-order valence-corrected chi connectivity index (χ0v) is 13.9. The van der Waals surface area contributed by atoms with E-state index in [1.807, 2.05) is 0 Å². The summed E-state index contributed by atoms with van der Waals surface area (Å²) in [6, 6.07) is 5.78. The van der Waals surface area contributed by atoms with E-state index < -0.39 is 0 Å². The van der Waals surface area contributed by atoms with Crippen LogP contribution in [-0.2, 0) is 6.54 Å². The number of carbonyl (C=O) groups excluding carboxylic acids is 1. The zero-order valence-electron chi connectivity index (χ0n) is 13.1. The maximum atomic E-state index is 12.2. The normalized spacial score (nSPS) is 21.5. The standard InChI is InChI=1S/C17H21N3O2S/c1-12-4-6-23-16(12)10-20-9-14(7-15(20)11-21)19-17(22)13-3-2-5-18-8-13/h2-6,8,14-15,21H,7,9-11H2,1H3,(H,19,22)/t14-,15-/m0/s1. The van der Waals surface area contributed by atoms with Crippen LogP contribution in [-0.4, -0.2) is 46.1 Å². The molecule has 2 aromatic rings. The van der Waals surface area contributed by atoms with Crippen LogP contribution in [0, 0.1) is 6.92 Å². The average molecular weight is 331 g/mol. The summed E-state index contributed by atoms with van der Waals surface area (Å²) >= 11 is 1.74. The molecule has 6 heteroatoms. The van der Waals surface area contributed by atoms with Crippen LogP contribution in [0.1, 0.15) is 27.2 Å². The Hall–Kier alpha value is -1.76. The Balaban J connectivity index is 1.62. The largest absolute Gasteiger partial charge is 0.395 e. The predicted octanol–water partition coefficient (Wildman–Crippen LogP) is 1.82. The van der Waals surface area contributed by atoms with Crippen molar-refractivity contribution in [1.29, 1.82) is 0 Å². The molecule has 2 atom stereocenters. The lowest BCUT2D eigenvalue weighted by Crippen LogP contribution is -2.37. The number of carbonyl (C=O) groups is 1. The van der Waals surface area contributed by atoms with Crippen LogP contribution in [0.15, 0.2) is 36.0 Å². The number of thiophene rings is 1. The number of aryl methyl sites for hydroxylation is 1. The van der Waals surface area contributed by atoms with Gasteiger partial charge in [-0.2, -0.15) is 0 Å². The zero-order chi connectivity index (χ0) is 16.2. The summed E-state index contributed by atoms with van der Waals surface area (Å²) in [6.45, 7) is 3.81. The highest BCUT2D eigenvalue weighted by atomic mass is 32.1. The van der Waals surface area contributed by atoms with Crippen molar-refractivity contribution in [3.05, 3.63) is 52.0 Å². The SMILES string of the molecule is Cc1ccsc1CN1C[C@@H](NC(=O)c2cccnc2)C[C@H]1CO. The van der Waals surface area contributed by atoms with Crippen molar-refractivity contribution in [3.63, 3.8) is 0 Å². The van der Waals surface area contributed by atoms with Crippen LogP contribution >= 0.6 is 11.3 Å². The predicted molar refractivity (Wildman–Crippen MR) is 90.4 cm³/mol. The molecule has 5 nitrogen and oxygen atoms in total. The number of aliphatic hydroxyl groups excluding tert-OH is 1. The molecule has 1 saturated heterocycles. The van der Waals surface area contributed by atoms with Gasteiger partial charge in [-0.15, -0.1) is 11.3 Å². The molecular formula is C17H21N3O2S. The van der Waals surface area contributed by atoms with Crippen LogP contribution in [0.25, 0.3) is 0 Å². The highest BCUT2D eigenvalue weighted by Crippen LogP contribution is 2.24. The number of amides is 1. The molecule has 23 heavy (non-hydrogen) atoms. The third kappa shape index (κ3) is 3.77. The second-order valence-corrected chi connectivity index (χ2v) is 6.94. The first kappa shape index (κ1) is 16.1. The van der Waals surface area contributed by atoms with Crippen LogP contribution in [0.4, 0.5) is 0 Å². The van der Waals surface area contributed by atoms with E-state index in [1.54, 1.807) is 35.9 Å². The Kier molecular flexibility index (Phi) is 5.05. The Morgan fingerprint density at radius 3 is 3.04 bits per heavy atom. The van der Waals surface area contributed by atoms with Gasteiger partial charge in [-0.05, 0) is 42.5 Å². The third-order valence-electron chi connectivity index (χ3n) is 4.31. The van der Waals surface area contributed by atoms with Gasteiger partial charge in [0.15, 0.2) is 0 Å². The Bertz CT molecular complexity index is 659. The van der Waals surface area contributed by atoms with Crippen molar-refractivity contribution in [2.24, 2.45) is 0 Å². The first-order valence-corrected chi connectivity index (χ1v) is 8.64.